The number of hydrogen-bond donors (Lipinski definition) is 2. The van der Waals surface area contributed by atoms with Gasteiger partial charge in [0, 0.05) is 71.5 Å². The van der Waals surface area contributed by atoms with E-state index in [-0.39, 0.29) is 11.8 Å². The van der Waals surface area contributed by atoms with Crippen molar-refractivity contribution in [1.82, 2.24) is 9.80 Å². The fourth-order valence-electron chi connectivity index (χ4n) is 6.66. The minimum absolute atomic E-state index is 0.152. The van der Waals surface area contributed by atoms with Crippen molar-refractivity contribution >= 4 is 44.7 Å². The van der Waals surface area contributed by atoms with Crippen LogP contribution in [-0.4, -0.2) is 21.6 Å². The van der Waals surface area contributed by atoms with E-state index in [1.807, 2.05) is 85.5 Å². The van der Waals surface area contributed by atoms with Gasteiger partial charge in [0.2, 0.25) is 0 Å². The quantitative estimate of drug-likeness (QED) is 0.187. The Balaban J connectivity index is 1.34. The second kappa shape index (κ2) is 11.6. The van der Waals surface area contributed by atoms with Crippen molar-refractivity contribution in [3.05, 3.63) is 156 Å². The van der Waals surface area contributed by atoms with Gasteiger partial charge in [0.15, 0.2) is 0 Å². The number of hydrogen-bond acceptors (Lipinski definition) is 4. The maximum absolute atomic E-state index is 14.0. The molecule has 3 heterocycles. The van der Waals surface area contributed by atoms with Crippen LogP contribution in [0.5, 0.6) is 0 Å². The van der Waals surface area contributed by atoms with Crippen molar-refractivity contribution in [1.29, 1.82) is 0 Å². The Hall–Kier alpha value is -5.88. The Morgan fingerprint density at radius 2 is 1.00 bits per heavy atom. The van der Waals surface area contributed by atoms with Crippen LogP contribution in [0.1, 0.15) is 24.0 Å². The number of benzene rings is 5. The fraction of sp³-hybridized carbons (Fsp3) is 0.100. The first-order valence-electron chi connectivity index (χ1n) is 15.6. The zero-order valence-corrected chi connectivity index (χ0v) is 25.2. The summed E-state index contributed by atoms with van der Waals surface area (Å²) in [7, 11) is 0. The first-order chi connectivity index (χ1) is 22.6. The molecule has 0 aliphatic carbocycles. The predicted octanol–water partition coefficient (Wildman–Crippen LogP) is 8.46. The Morgan fingerprint density at radius 1 is 0.522 bits per heavy atom. The molecule has 6 heteroatoms. The lowest BCUT2D eigenvalue weighted by Gasteiger charge is -2.23. The third-order valence-corrected chi connectivity index (χ3v) is 8.82. The Kier molecular flexibility index (Phi) is 6.95. The van der Waals surface area contributed by atoms with Gasteiger partial charge in [0.25, 0.3) is 11.8 Å². The standard InChI is InChI=1S/C40H32N4O2/c45-39-31-12-6-20-43(25-31)23-27-8-5-9-28(22-27)24-44-21-7-13-32(26-44)40(46)42-36-19-17-30-11-2-4-15-34(30)38(36)37-33-14-3-1-10-29(33)16-18-35(37)41-39/h1-11,14-22,25-26H,12-13,23-24H2,(H,41,45)(H,42,46). The van der Waals surface area contributed by atoms with Crippen molar-refractivity contribution in [3.63, 3.8) is 0 Å². The van der Waals surface area contributed by atoms with E-state index in [1.165, 1.54) is 0 Å². The summed E-state index contributed by atoms with van der Waals surface area (Å²) in [4.78, 5) is 32.1. The van der Waals surface area contributed by atoms with Gasteiger partial charge in [-0.2, -0.15) is 0 Å². The van der Waals surface area contributed by atoms with Crippen LogP contribution in [0.4, 0.5) is 11.4 Å². The lowest BCUT2D eigenvalue weighted by atomic mass is 9.90. The highest BCUT2D eigenvalue weighted by Crippen LogP contribution is 2.44. The van der Waals surface area contributed by atoms with E-state index in [2.05, 4.69) is 69.0 Å². The van der Waals surface area contributed by atoms with E-state index in [1.54, 1.807) is 0 Å². The number of carbonyl (C=O) groups is 2. The van der Waals surface area contributed by atoms with Gasteiger partial charge < -0.3 is 20.4 Å². The summed E-state index contributed by atoms with van der Waals surface area (Å²) in [6.07, 6.45) is 13.1. The molecule has 5 aromatic carbocycles. The molecule has 0 spiro atoms. The maximum atomic E-state index is 14.0. The summed E-state index contributed by atoms with van der Waals surface area (Å²) in [6.45, 7) is 1.28. The van der Waals surface area contributed by atoms with E-state index < -0.39 is 0 Å². The van der Waals surface area contributed by atoms with Crippen LogP contribution in [0.3, 0.4) is 0 Å². The molecule has 0 unspecified atom stereocenters. The van der Waals surface area contributed by atoms with Crippen molar-refractivity contribution < 1.29 is 9.59 Å². The Labute approximate surface area is 267 Å². The number of carbonyl (C=O) groups excluding carboxylic acids is 2. The third-order valence-electron chi connectivity index (χ3n) is 8.82. The minimum Gasteiger partial charge on any atom is -0.350 e. The Bertz CT molecular complexity index is 2020. The molecule has 6 nitrogen and oxygen atoms in total. The molecular weight excluding hydrogens is 568 g/mol. The second-order valence-corrected chi connectivity index (χ2v) is 12.0. The molecule has 224 valence electrons. The molecule has 0 aromatic heterocycles. The zero-order valence-electron chi connectivity index (χ0n) is 25.2. The third kappa shape index (κ3) is 5.24. The van der Waals surface area contributed by atoms with E-state index in [0.29, 0.717) is 48.5 Å². The van der Waals surface area contributed by atoms with Crippen LogP contribution in [0, 0.1) is 0 Å². The van der Waals surface area contributed by atoms with Gasteiger partial charge in [-0.15, -0.1) is 0 Å². The average Bonchev–Trinajstić information content (AvgIpc) is 3.08. The number of fused-ring (bicyclic) bond motifs is 11. The largest absolute Gasteiger partial charge is 0.350 e. The zero-order chi connectivity index (χ0) is 31.0. The topological polar surface area (TPSA) is 64.7 Å². The van der Waals surface area contributed by atoms with Crippen LogP contribution in [0.15, 0.2) is 145 Å². The molecule has 3 aliphatic heterocycles. The molecule has 2 amide bonds. The molecule has 0 saturated heterocycles. The van der Waals surface area contributed by atoms with Gasteiger partial charge in [-0.3, -0.25) is 9.59 Å². The van der Waals surface area contributed by atoms with Crippen molar-refractivity contribution in [2.75, 3.05) is 10.6 Å². The van der Waals surface area contributed by atoms with Gasteiger partial charge in [-0.25, -0.2) is 0 Å². The lowest BCUT2D eigenvalue weighted by Crippen LogP contribution is -2.21. The van der Waals surface area contributed by atoms with E-state index in [9.17, 15) is 9.59 Å². The monoisotopic (exact) mass is 600 g/mol. The summed E-state index contributed by atoms with van der Waals surface area (Å²) in [5.41, 5.74) is 6.76. The molecule has 2 N–H and O–H groups in total. The van der Waals surface area contributed by atoms with Gasteiger partial charge >= 0.3 is 0 Å². The van der Waals surface area contributed by atoms with Crippen LogP contribution in [0.2, 0.25) is 0 Å². The molecule has 3 aliphatic rings. The van der Waals surface area contributed by atoms with Crippen molar-refractivity contribution in [2.45, 2.75) is 25.9 Å². The smallest absolute Gasteiger partial charge is 0.253 e. The first kappa shape index (κ1) is 27.7. The fourth-order valence-corrected chi connectivity index (χ4v) is 6.66. The lowest BCUT2D eigenvalue weighted by molar-refractivity contribution is -0.113. The minimum atomic E-state index is -0.152. The molecule has 0 atom stereocenters. The normalized spacial score (nSPS) is 16.3. The van der Waals surface area contributed by atoms with Crippen molar-refractivity contribution in [3.8, 4) is 11.1 Å². The number of rotatable bonds is 0. The van der Waals surface area contributed by atoms with Crippen LogP contribution in [-0.2, 0) is 22.7 Å². The highest BCUT2D eigenvalue weighted by Gasteiger charge is 2.23. The summed E-state index contributed by atoms with van der Waals surface area (Å²) < 4.78 is 0. The molecule has 0 radical (unpaired) electrons. The molecule has 8 rings (SSSR count). The molecule has 5 aromatic rings. The highest BCUT2D eigenvalue weighted by molar-refractivity contribution is 6.18. The molecular formula is C40H32N4O2. The van der Waals surface area contributed by atoms with E-state index in [0.717, 1.165) is 43.8 Å². The highest BCUT2D eigenvalue weighted by atomic mass is 16.2. The van der Waals surface area contributed by atoms with Crippen molar-refractivity contribution in [2.24, 2.45) is 0 Å². The van der Waals surface area contributed by atoms with Crippen LogP contribution < -0.4 is 10.6 Å². The summed E-state index contributed by atoms with van der Waals surface area (Å²) in [5.74, 6) is -0.303. The second-order valence-electron chi connectivity index (χ2n) is 12.0. The molecule has 0 saturated carbocycles. The Morgan fingerprint density at radius 3 is 1.50 bits per heavy atom. The number of nitrogens with one attached hydrogen (secondary N) is 2. The van der Waals surface area contributed by atoms with Gasteiger partial charge in [-0.1, -0.05) is 97.1 Å². The molecule has 0 fully saturated rings. The van der Waals surface area contributed by atoms with Crippen LogP contribution in [0.25, 0.3) is 32.7 Å². The SMILES string of the molecule is O=C1Nc2ccc3ccccc3c2-c2c(ccc3ccccc23)NC(=O)C2=CN(C=CC2)Cc2cccc(c2)CN2C=CCC1=C2. The van der Waals surface area contributed by atoms with Crippen LogP contribution >= 0.6 is 0 Å². The maximum Gasteiger partial charge on any atom is 0.253 e. The molecule has 46 heavy (non-hydrogen) atoms. The van der Waals surface area contributed by atoms with Gasteiger partial charge in [0.05, 0.1) is 0 Å². The van der Waals surface area contributed by atoms with Gasteiger partial charge in [0.1, 0.15) is 0 Å². The summed E-state index contributed by atoms with van der Waals surface area (Å²) in [6, 6.07) is 32.8. The number of amides is 2. The van der Waals surface area contributed by atoms with E-state index in [4.69, 9.17) is 0 Å². The molecule has 6 bridgehead atoms. The summed E-state index contributed by atoms with van der Waals surface area (Å²) in [5, 5.41) is 10.6. The number of anilines is 2. The van der Waals surface area contributed by atoms with E-state index >= 15 is 0 Å². The number of nitrogens with zero attached hydrogens (tertiary/aromatic N) is 2. The first-order valence-corrected chi connectivity index (χ1v) is 15.6. The number of allylic oxidation sites excluding steroid dienone is 2. The predicted molar refractivity (Wildman–Crippen MR) is 185 cm³/mol. The average molecular weight is 601 g/mol. The summed E-state index contributed by atoms with van der Waals surface area (Å²) >= 11 is 0. The van der Waals surface area contributed by atoms with Gasteiger partial charge in [-0.05, 0) is 57.6 Å².